The first kappa shape index (κ1) is 22.8. The third-order valence-electron chi connectivity index (χ3n) is 5.76. The lowest BCUT2D eigenvalue weighted by atomic mass is 10.0. The Morgan fingerprint density at radius 2 is 2.11 bits per heavy atom. The highest BCUT2D eigenvalue weighted by Gasteiger charge is 2.29. The molecule has 2 unspecified atom stereocenters. The van der Waals surface area contributed by atoms with E-state index < -0.39 is 17.8 Å². The molecule has 0 aromatic carbocycles. The van der Waals surface area contributed by atoms with Gasteiger partial charge in [-0.1, -0.05) is 5.21 Å². The number of nitrogens with zero attached hydrogens (tertiary/aromatic N) is 8. The molecule has 1 aliphatic heterocycles. The highest BCUT2D eigenvalue weighted by atomic mass is 19.1. The van der Waals surface area contributed by atoms with Crippen LogP contribution in [0.1, 0.15) is 31.5 Å². The topological polar surface area (TPSA) is 140 Å². The van der Waals surface area contributed by atoms with E-state index >= 15 is 0 Å². The average molecular weight is 478 g/mol. The van der Waals surface area contributed by atoms with Crippen LogP contribution in [0.5, 0.6) is 0 Å². The van der Waals surface area contributed by atoms with Gasteiger partial charge in [0.05, 0.1) is 60.4 Å². The van der Waals surface area contributed by atoms with Crippen LogP contribution in [0, 0.1) is 11.3 Å². The highest BCUT2D eigenvalue weighted by Crippen LogP contribution is 2.26. The zero-order chi connectivity index (χ0) is 24.6. The monoisotopic (exact) mass is 477 g/mol. The minimum absolute atomic E-state index is 0.0320. The maximum absolute atomic E-state index is 14.4. The number of aryl methyl sites for hydroxylation is 1. The fourth-order valence-electron chi connectivity index (χ4n) is 3.83. The standard InChI is InChI=1S/C23H24FN9O2/c1-23(2,34)4-3-16-11-32(31-30-16)20-10-26-21(6-18(20)29-19-13-35-12-17(19)24)33-22-15(9-28-33)5-14(7-25)8-27-22/h5-6,8-11,17,19,34H,3-4,12-13H2,1-2H3,(H,26,29). The minimum atomic E-state index is -1.16. The van der Waals surface area contributed by atoms with Gasteiger partial charge in [0.15, 0.2) is 11.5 Å². The van der Waals surface area contributed by atoms with Gasteiger partial charge in [-0.25, -0.2) is 19.0 Å². The maximum atomic E-state index is 14.4. The SMILES string of the molecule is CC(C)(O)CCc1cn(-c2cnc(-n3ncc4cc(C#N)cnc43)cc2NC2COCC2F)nn1. The molecule has 4 aromatic rings. The number of fused-ring (bicyclic) bond motifs is 1. The van der Waals surface area contributed by atoms with Gasteiger partial charge in [-0.15, -0.1) is 5.10 Å². The number of pyridine rings is 2. The minimum Gasteiger partial charge on any atom is -0.390 e. The van der Waals surface area contributed by atoms with E-state index in [0.717, 1.165) is 0 Å². The molecule has 1 saturated heterocycles. The molecule has 180 valence electrons. The summed E-state index contributed by atoms with van der Waals surface area (Å²) < 4.78 is 22.8. The van der Waals surface area contributed by atoms with Crippen LogP contribution in [-0.4, -0.2) is 70.9 Å². The van der Waals surface area contributed by atoms with E-state index in [9.17, 15) is 9.50 Å². The van der Waals surface area contributed by atoms with Crippen LogP contribution in [-0.2, 0) is 11.2 Å². The van der Waals surface area contributed by atoms with Crippen LogP contribution in [0.15, 0.2) is 36.9 Å². The van der Waals surface area contributed by atoms with E-state index in [2.05, 4.69) is 36.8 Å². The Balaban J connectivity index is 1.52. The van der Waals surface area contributed by atoms with Crippen molar-refractivity contribution in [3.05, 3.63) is 48.2 Å². The Hall–Kier alpha value is -3.95. The predicted molar refractivity (Wildman–Crippen MR) is 124 cm³/mol. The van der Waals surface area contributed by atoms with Crippen molar-refractivity contribution >= 4 is 16.7 Å². The summed E-state index contributed by atoms with van der Waals surface area (Å²) in [6, 6.07) is 4.97. The molecule has 0 radical (unpaired) electrons. The molecular formula is C23H24FN9O2. The largest absolute Gasteiger partial charge is 0.390 e. The van der Waals surface area contributed by atoms with Crippen LogP contribution >= 0.6 is 0 Å². The number of anilines is 1. The highest BCUT2D eigenvalue weighted by molar-refractivity contribution is 5.77. The maximum Gasteiger partial charge on any atom is 0.164 e. The van der Waals surface area contributed by atoms with Crippen LogP contribution < -0.4 is 5.32 Å². The van der Waals surface area contributed by atoms with Crippen LogP contribution in [0.3, 0.4) is 0 Å². The van der Waals surface area contributed by atoms with Gasteiger partial charge >= 0.3 is 0 Å². The Kier molecular flexibility index (Phi) is 5.88. The summed E-state index contributed by atoms with van der Waals surface area (Å²) in [6.07, 6.45) is 6.38. The molecule has 0 aliphatic carbocycles. The number of rotatable bonds is 7. The second-order valence-electron chi connectivity index (χ2n) is 9.14. The predicted octanol–water partition coefficient (Wildman–Crippen LogP) is 2.12. The zero-order valence-electron chi connectivity index (χ0n) is 19.3. The van der Waals surface area contributed by atoms with Gasteiger partial charge in [0.2, 0.25) is 0 Å². The number of nitrogens with one attached hydrogen (secondary N) is 1. The Bertz CT molecular complexity index is 1400. The third kappa shape index (κ3) is 4.82. The summed E-state index contributed by atoms with van der Waals surface area (Å²) in [5.41, 5.74) is 2.02. The van der Waals surface area contributed by atoms with Crippen molar-refractivity contribution in [1.29, 1.82) is 5.26 Å². The number of hydrogen-bond acceptors (Lipinski definition) is 9. The second-order valence-corrected chi connectivity index (χ2v) is 9.14. The molecule has 5 rings (SSSR count). The van der Waals surface area contributed by atoms with Crippen LogP contribution in [0.4, 0.5) is 10.1 Å². The molecule has 4 aromatic heterocycles. The van der Waals surface area contributed by atoms with Crippen LogP contribution in [0.2, 0.25) is 0 Å². The summed E-state index contributed by atoms with van der Waals surface area (Å²) in [5.74, 6) is 0.458. The summed E-state index contributed by atoms with van der Waals surface area (Å²) in [5, 5.41) is 35.9. The summed E-state index contributed by atoms with van der Waals surface area (Å²) >= 11 is 0. The van der Waals surface area contributed by atoms with E-state index in [1.54, 1.807) is 53.9 Å². The molecule has 2 N–H and O–H groups in total. The van der Waals surface area contributed by atoms with Gasteiger partial charge in [-0.3, -0.25) is 0 Å². The molecule has 0 amide bonds. The van der Waals surface area contributed by atoms with E-state index in [4.69, 9.17) is 10.00 Å². The molecule has 1 fully saturated rings. The van der Waals surface area contributed by atoms with Gasteiger partial charge in [-0.2, -0.15) is 15.0 Å². The summed E-state index contributed by atoms with van der Waals surface area (Å²) in [4.78, 5) is 8.89. The van der Waals surface area contributed by atoms with E-state index in [-0.39, 0.29) is 13.2 Å². The van der Waals surface area contributed by atoms with Crippen molar-refractivity contribution < 1.29 is 14.2 Å². The quantitative estimate of drug-likeness (QED) is 0.410. The average Bonchev–Trinajstić information content (AvgIpc) is 3.57. The van der Waals surface area contributed by atoms with Crippen molar-refractivity contribution in [2.45, 2.75) is 44.5 Å². The molecule has 11 nitrogen and oxygen atoms in total. The van der Waals surface area contributed by atoms with Gasteiger partial charge in [0.1, 0.15) is 17.9 Å². The fraction of sp³-hybridized carbons (Fsp3) is 0.391. The van der Waals surface area contributed by atoms with Gasteiger partial charge < -0.3 is 15.2 Å². The number of halogens is 1. The second kappa shape index (κ2) is 9.01. The molecule has 5 heterocycles. The third-order valence-corrected chi connectivity index (χ3v) is 5.76. The van der Waals surface area contributed by atoms with E-state index in [0.29, 0.717) is 52.3 Å². The molecule has 0 bridgehead atoms. The molecular weight excluding hydrogens is 453 g/mol. The Labute approximate surface area is 200 Å². The summed E-state index contributed by atoms with van der Waals surface area (Å²) in [7, 11) is 0. The lowest BCUT2D eigenvalue weighted by molar-refractivity contribution is 0.0711. The Morgan fingerprint density at radius 3 is 2.86 bits per heavy atom. The zero-order valence-corrected chi connectivity index (χ0v) is 19.3. The van der Waals surface area contributed by atoms with E-state index in [1.807, 2.05) is 0 Å². The number of alkyl halides is 1. The molecule has 0 saturated carbocycles. The van der Waals surface area contributed by atoms with Gasteiger partial charge in [0.25, 0.3) is 0 Å². The lowest BCUT2D eigenvalue weighted by Gasteiger charge is -2.18. The van der Waals surface area contributed by atoms with Gasteiger partial charge in [-0.05, 0) is 32.8 Å². The molecule has 12 heteroatoms. The normalized spacial score (nSPS) is 18.1. The molecule has 2 atom stereocenters. The van der Waals surface area contributed by atoms with E-state index in [1.165, 1.54) is 6.20 Å². The van der Waals surface area contributed by atoms with Crippen molar-refractivity contribution in [3.63, 3.8) is 0 Å². The van der Waals surface area contributed by atoms with Crippen molar-refractivity contribution in [3.8, 4) is 17.6 Å². The summed E-state index contributed by atoms with van der Waals surface area (Å²) in [6.45, 7) is 3.75. The van der Waals surface area contributed by atoms with Crippen LogP contribution in [0.25, 0.3) is 22.5 Å². The molecule has 1 aliphatic rings. The van der Waals surface area contributed by atoms with Crippen molar-refractivity contribution in [2.24, 2.45) is 0 Å². The first-order valence-electron chi connectivity index (χ1n) is 11.2. The smallest absolute Gasteiger partial charge is 0.164 e. The number of aliphatic hydroxyl groups is 1. The number of aromatic nitrogens is 7. The first-order valence-corrected chi connectivity index (χ1v) is 11.2. The van der Waals surface area contributed by atoms with Crippen molar-refractivity contribution in [2.75, 3.05) is 18.5 Å². The van der Waals surface area contributed by atoms with Crippen molar-refractivity contribution in [1.82, 2.24) is 34.7 Å². The first-order chi connectivity index (χ1) is 16.8. The number of hydrogen-bond donors (Lipinski definition) is 2. The fourth-order valence-corrected chi connectivity index (χ4v) is 3.83. The Morgan fingerprint density at radius 1 is 1.26 bits per heavy atom. The molecule has 0 spiro atoms. The number of ether oxygens (including phenoxy) is 1. The lowest BCUT2D eigenvalue weighted by Crippen LogP contribution is -2.29. The number of nitriles is 1. The van der Waals surface area contributed by atoms with Gasteiger partial charge in [0, 0.05) is 17.6 Å². The molecule has 35 heavy (non-hydrogen) atoms.